The molecule has 1 saturated carbocycles. The van der Waals surface area contributed by atoms with Crippen LogP contribution in [-0.2, 0) is 0 Å². The average molecular weight is 287 g/mol. The lowest BCUT2D eigenvalue weighted by molar-refractivity contribution is 0.0754. The Balaban J connectivity index is 1.82. The Morgan fingerprint density at radius 3 is 2.76 bits per heavy atom. The van der Waals surface area contributed by atoms with Gasteiger partial charge in [-0.25, -0.2) is 0 Å². The molecule has 0 saturated heterocycles. The van der Waals surface area contributed by atoms with Crippen molar-refractivity contribution in [2.45, 2.75) is 37.6 Å². The van der Waals surface area contributed by atoms with E-state index in [1.54, 1.807) is 12.1 Å². The number of aromatic amines is 1. The number of carbonyl (C=O) groups is 1. The summed E-state index contributed by atoms with van der Waals surface area (Å²) in [6.07, 6.45) is 4.93. The monoisotopic (exact) mass is 287 g/mol. The summed E-state index contributed by atoms with van der Waals surface area (Å²) in [6, 6.07) is 7.31. The molecule has 5 nitrogen and oxygen atoms in total. The molecule has 0 aliphatic heterocycles. The molecule has 0 atom stereocenters. The zero-order valence-electron chi connectivity index (χ0n) is 12.0. The molecule has 5 heteroatoms. The number of nitrogens with two attached hydrogens (primary N) is 1. The van der Waals surface area contributed by atoms with Crippen LogP contribution in [0.2, 0.25) is 0 Å². The summed E-state index contributed by atoms with van der Waals surface area (Å²) in [7, 11) is 0. The largest absolute Gasteiger partial charge is 0.399 e. The Labute approximate surface area is 123 Å². The van der Waals surface area contributed by atoms with Gasteiger partial charge in [-0.1, -0.05) is 19.3 Å². The lowest BCUT2D eigenvalue weighted by Gasteiger charge is -2.36. The number of nitrogen functional groups attached to an aromatic ring is 1. The van der Waals surface area contributed by atoms with Crippen LogP contribution in [-0.4, -0.2) is 28.1 Å². The van der Waals surface area contributed by atoms with Crippen LogP contribution in [0.4, 0.5) is 5.69 Å². The molecule has 1 aromatic heterocycles. The van der Waals surface area contributed by atoms with E-state index in [0.29, 0.717) is 11.4 Å². The number of rotatable bonds is 3. The fourth-order valence-electron chi connectivity index (χ4n) is 3.13. The molecule has 1 amide bonds. The number of amides is 1. The molecule has 1 fully saturated rings. The van der Waals surface area contributed by atoms with Crippen LogP contribution in [0.5, 0.6) is 0 Å². The fraction of sp³-hybridized carbons (Fsp3) is 0.438. The Morgan fingerprint density at radius 2 is 2.05 bits per heavy atom. The molecule has 0 bridgehead atoms. The van der Waals surface area contributed by atoms with Gasteiger partial charge in [-0.3, -0.25) is 4.79 Å². The summed E-state index contributed by atoms with van der Waals surface area (Å²) in [5, 5.41) is 13.6. The van der Waals surface area contributed by atoms with Crippen molar-refractivity contribution in [3.63, 3.8) is 0 Å². The zero-order chi connectivity index (χ0) is 14.9. The van der Waals surface area contributed by atoms with E-state index < -0.39 is 5.54 Å². The smallest absolute Gasteiger partial charge is 0.268 e. The second-order valence-electron chi connectivity index (χ2n) is 5.98. The normalized spacial score (nSPS) is 17.8. The predicted molar refractivity (Wildman–Crippen MR) is 83.1 cm³/mol. The van der Waals surface area contributed by atoms with Gasteiger partial charge in [-0.15, -0.1) is 0 Å². The van der Waals surface area contributed by atoms with Crippen molar-refractivity contribution in [2.24, 2.45) is 0 Å². The van der Waals surface area contributed by atoms with Crippen LogP contribution in [0.25, 0.3) is 10.9 Å². The number of nitrogens with one attached hydrogen (secondary N) is 2. The van der Waals surface area contributed by atoms with Crippen molar-refractivity contribution in [1.29, 1.82) is 0 Å². The van der Waals surface area contributed by atoms with Crippen LogP contribution in [0.3, 0.4) is 0 Å². The number of aliphatic hydroxyl groups is 1. The second kappa shape index (κ2) is 5.41. The van der Waals surface area contributed by atoms with Crippen LogP contribution >= 0.6 is 0 Å². The number of carbonyl (C=O) groups excluding carboxylic acids is 1. The summed E-state index contributed by atoms with van der Waals surface area (Å²) >= 11 is 0. The molecule has 5 N–H and O–H groups in total. The maximum atomic E-state index is 12.4. The van der Waals surface area contributed by atoms with E-state index in [-0.39, 0.29) is 12.5 Å². The Hall–Kier alpha value is -2.01. The highest BCUT2D eigenvalue weighted by atomic mass is 16.3. The van der Waals surface area contributed by atoms with Crippen LogP contribution in [0, 0.1) is 0 Å². The lowest BCUT2D eigenvalue weighted by Crippen LogP contribution is -2.52. The molecule has 1 aliphatic rings. The SMILES string of the molecule is Nc1ccc2[nH]c(C(=O)NC3(CO)CCCCC3)cc2c1. The first-order chi connectivity index (χ1) is 10.1. The standard InChI is InChI=1S/C16H21N3O2/c17-12-4-5-13-11(8-12)9-14(18-13)15(21)19-16(10-20)6-2-1-3-7-16/h4-5,8-9,18,20H,1-3,6-7,10,17H2,(H,19,21). The summed E-state index contributed by atoms with van der Waals surface area (Å²) in [5.41, 5.74) is 7.35. The minimum atomic E-state index is -0.467. The highest BCUT2D eigenvalue weighted by molar-refractivity contribution is 5.98. The number of H-pyrrole nitrogens is 1. The van der Waals surface area contributed by atoms with Crippen LogP contribution in [0.1, 0.15) is 42.6 Å². The first kappa shape index (κ1) is 13.9. The Morgan fingerprint density at radius 1 is 1.29 bits per heavy atom. The highest BCUT2D eigenvalue weighted by Crippen LogP contribution is 2.28. The number of hydrogen-bond acceptors (Lipinski definition) is 3. The molecule has 0 radical (unpaired) electrons. The van der Waals surface area contributed by atoms with E-state index in [4.69, 9.17) is 5.73 Å². The Bertz CT molecular complexity index is 657. The van der Waals surface area contributed by atoms with E-state index in [9.17, 15) is 9.90 Å². The number of aliphatic hydroxyl groups excluding tert-OH is 1. The maximum Gasteiger partial charge on any atom is 0.268 e. The van der Waals surface area contributed by atoms with E-state index in [1.807, 2.05) is 12.1 Å². The van der Waals surface area contributed by atoms with E-state index in [0.717, 1.165) is 36.6 Å². The van der Waals surface area contributed by atoms with Crippen molar-refractivity contribution >= 4 is 22.5 Å². The number of hydrogen-bond donors (Lipinski definition) is 4. The fourth-order valence-corrected chi connectivity index (χ4v) is 3.13. The van der Waals surface area contributed by atoms with Gasteiger partial charge in [0.1, 0.15) is 5.69 Å². The molecular weight excluding hydrogens is 266 g/mol. The average Bonchev–Trinajstić information content (AvgIpc) is 2.91. The van der Waals surface area contributed by atoms with Gasteiger partial charge in [0.15, 0.2) is 0 Å². The van der Waals surface area contributed by atoms with Crippen molar-refractivity contribution in [3.05, 3.63) is 30.0 Å². The highest BCUT2D eigenvalue weighted by Gasteiger charge is 2.33. The van der Waals surface area contributed by atoms with Crippen molar-refractivity contribution in [3.8, 4) is 0 Å². The molecular formula is C16H21N3O2. The number of benzene rings is 1. The minimum Gasteiger partial charge on any atom is -0.399 e. The molecule has 0 unspecified atom stereocenters. The number of aromatic nitrogens is 1. The van der Waals surface area contributed by atoms with Crippen LogP contribution in [0.15, 0.2) is 24.3 Å². The summed E-state index contributed by atoms with van der Waals surface area (Å²) in [4.78, 5) is 15.6. The third-order valence-corrected chi connectivity index (χ3v) is 4.38. The van der Waals surface area contributed by atoms with Gasteiger partial charge in [0.25, 0.3) is 5.91 Å². The number of anilines is 1. The van der Waals surface area contributed by atoms with Gasteiger partial charge in [0, 0.05) is 16.6 Å². The summed E-state index contributed by atoms with van der Waals surface area (Å²) in [5.74, 6) is -0.166. The molecule has 21 heavy (non-hydrogen) atoms. The van der Waals surface area contributed by atoms with Crippen molar-refractivity contribution in [1.82, 2.24) is 10.3 Å². The van der Waals surface area contributed by atoms with E-state index in [1.165, 1.54) is 6.42 Å². The van der Waals surface area contributed by atoms with Gasteiger partial charge < -0.3 is 21.1 Å². The van der Waals surface area contributed by atoms with Crippen molar-refractivity contribution < 1.29 is 9.90 Å². The number of fused-ring (bicyclic) bond motifs is 1. The minimum absolute atomic E-state index is 0.00802. The van der Waals surface area contributed by atoms with Gasteiger partial charge in [0.05, 0.1) is 12.1 Å². The quantitative estimate of drug-likeness (QED) is 0.652. The molecule has 1 aliphatic carbocycles. The maximum absolute atomic E-state index is 12.4. The molecule has 1 heterocycles. The summed E-state index contributed by atoms with van der Waals surface area (Å²) < 4.78 is 0. The van der Waals surface area contributed by atoms with Gasteiger partial charge in [-0.05, 0) is 37.1 Å². The molecule has 112 valence electrons. The van der Waals surface area contributed by atoms with Gasteiger partial charge in [-0.2, -0.15) is 0 Å². The zero-order valence-corrected chi connectivity index (χ0v) is 12.0. The second-order valence-corrected chi connectivity index (χ2v) is 5.98. The molecule has 0 spiro atoms. The third-order valence-electron chi connectivity index (χ3n) is 4.38. The van der Waals surface area contributed by atoms with E-state index >= 15 is 0 Å². The summed E-state index contributed by atoms with van der Waals surface area (Å²) in [6.45, 7) is -0.00802. The van der Waals surface area contributed by atoms with Gasteiger partial charge in [0.2, 0.25) is 0 Å². The first-order valence-corrected chi connectivity index (χ1v) is 7.44. The first-order valence-electron chi connectivity index (χ1n) is 7.44. The van der Waals surface area contributed by atoms with E-state index in [2.05, 4.69) is 10.3 Å². The molecule has 3 rings (SSSR count). The molecule has 2 aromatic rings. The molecule has 1 aromatic carbocycles. The van der Waals surface area contributed by atoms with Gasteiger partial charge >= 0.3 is 0 Å². The predicted octanol–water partition coefficient (Wildman–Crippen LogP) is 2.18. The third kappa shape index (κ3) is 2.74. The topological polar surface area (TPSA) is 91.1 Å². The van der Waals surface area contributed by atoms with Crippen molar-refractivity contribution in [2.75, 3.05) is 12.3 Å². The Kier molecular flexibility index (Phi) is 3.59. The van der Waals surface area contributed by atoms with Crippen LogP contribution < -0.4 is 11.1 Å². The lowest BCUT2D eigenvalue weighted by atomic mass is 9.82.